The van der Waals surface area contributed by atoms with E-state index in [4.69, 9.17) is 5.11 Å². The summed E-state index contributed by atoms with van der Waals surface area (Å²) < 4.78 is 26.1. The fourth-order valence-corrected chi connectivity index (χ4v) is 4.15. The lowest BCUT2D eigenvalue weighted by molar-refractivity contribution is -0.139. The van der Waals surface area contributed by atoms with Gasteiger partial charge in [-0.1, -0.05) is 32.6 Å². The monoisotopic (exact) mass is 277 g/mol. The van der Waals surface area contributed by atoms with Crippen molar-refractivity contribution in [2.45, 2.75) is 57.9 Å². The highest BCUT2D eigenvalue weighted by Gasteiger charge is 2.26. The fraction of sp³-hybridized carbons (Fsp3) is 0.917. The molecule has 1 aliphatic rings. The zero-order valence-corrected chi connectivity index (χ0v) is 11.7. The van der Waals surface area contributed by atoms with Gasteiger partial charge in [-0.15, -0.1) is 0 Å². The van der Waals surface area contributed by atoms with E-state index in [-0.39, 0.29) is 11.7 Å². The van der Waals surface area contributed by atoms with Crippen LogP contribution in [0.5, 0.6) is 0 Å². The molecule has 0 spiro atoms. The van der Waals surface area contributed by atoms with Gasteiger partial charge in [0.25, 0.3) is 0 Å². The van der Waals surface area contributed by atoms with Crippen molar-refractivity contribution >= 4 is 16.0 Å². The van der Waals surface area contributed by atoms with Crippen LogP contribution >= 0.6 is 0 Å². The number of carboxylic acid groups (broad SMARTS) is 1. The van der Waals surface area contributed by atoms with Gasteiger partial charge in [-0.25, -0.2) is 13.1 Å². The van der Waals surface area contributed by atoms with E-state index >= 15 is 0 Å². The van der Waals surface area contributed by atoms with Crippen molar-refractivity contribution < 1.29 is 18.3 Å². The van der Waals surface area contributed by atoms with E-state index in [9.17, 15) is 13.2 Å². The van der Waals surface area contributed by atoms with Crippen LogP contribution in [0, 0.1) is 5.92 Å². The van der Waals surface area contributed by atoms with Crippen LogP contribution in [0.1, 0.15) is 51.9 Å². The van der Waals surface area contributed by atoms with E-state index in [0.29, 0.717) is 12.8 Å². The number of aliphatic carboxylic acids is 1. The Kier molecular flexibility index (Phi) is 6.08. The number of carboxylic acids is 1. The molecule has 18 heavy (non-hydrogen) atoms. The Labute approximate surface area is 109 Å². The molecule has 0 unspecified atom stereocenters. The van der Waals surface area contributed by atoms with Gasteiger partial charge in [-0.3, -0.25) is 4.79 Å². The van der Waals surface area contributed by atoms with Crippen molar-refractivity contribution in [3.8, 4) is 0 Å². The first kappa shape index (κ1) is 15.4. The van der Waals surface area contributed by atoms with Crippen molar-refractivity contribution in [1.82, 2.24) is 4.72 Å². The molecular formula is C12H23NO4S. The molecule has 0 bridgehead atoms. The summed E-state index contributed by atoms with van der Waals surface area (Å²) in [5, 5.41) is 8.95. The Bertz CT molecular complexity index is 360. The molecular weight excluding hydrogens is 254 g/mol. The molecule has 1 rings (SSSR count). The molecule has 6 heteroatoms. The summed E-state index contributed by atoms with van der Waals surface area (Å²) in [5.41, 5.74) is 0. The topological polar surface area (TPSA) is 83.5 Å². The lowest BCUT2D eigenvalue weighted by Crippen LogP contribution is -2.42. The molecule has 1 atom stereocenters. The van der Waals surface area contributed by atoms with E-state index in [1.165, 1.54) is 6.42 Å². The number of sulfonamides is 1. The number of nitrogens with one attached hydrogen (secondary N) is 1. The van der Waals surface area contributed by atoms with Crippen LogP contribution in [0.15, 0.2) is 0 Å². The maximum absolute atomic E-state index is 11.9. The molecule has 5 nitrogen and oxygen atoms in total. The zero-order chi connectivity index (χ0) is 13.6. The smallest absolute Gasteiger partial charge is 0.321 e. The van der Waals surface area contributed by atoms with Crippen molar-refractivity contribution in [1.29, 1.82) is 0 Å². The predicted octanol–water partition coefficient (Wildman–Crippen LogP) is 1.74. The SMILES string of the molecule is CCC[C@H](NS(=O)(=O)CC1CCCCC1)C(=O)O. The third-order valence-electron chi connectivity index (χ3n) is 3.38. The van der Waals surface area contributed by atoms with Crippen LogP contribution in [0.2, 0.25) is 0 Å². The molecule has 0 heterocycles. The van der Waals surface area contributed by atoms with Gasteiger partial charge < -0.3 is 5.11 Å². The van der Waals surface area contributed by atoms with Gasteiger partial charge in [-0.05, 0) is 25.2 Å². The average Bonchev–Trinajstić information content (AvgIpc) is 2.28. The Morgan fingerprint density at radius 3 is 2.44 bits per heavy atom. The molecule has 0 aromatic carbocycles. The van der Waals surface area contributed by atoms with Gasteiger partial charge in [0.15, 0.2) is 0 Å². The second-order valence-electron chi connectivity index (χ2n) is 5.08. The maximum Gasteiger partial charge on any atom is 0.321 e. The Hall–Kier alpha value is -0.620. The van der Waals surface area contributed by atoms with Crippen LogP contribution in [0.25, 0.3) is 0 Å². The second kappa shape index (κ2) is 7.09. The first-order valence-corrected chi connectivity index (χ1v) is 8.32. The summed E-state index contributed by atoms with van der Waals surface area (Å²) in [6.45, 7) is 1.84. The quantitative estimate of drug-likeness (QED) is 0.742. The summed E-state index contributed by atoms with van der Waals surface area (Å²) in [6, 6.07) is -0.983. The number of hydrogen-bond donors (Lipinski definition) is 2. The largest absolute Gasteiger partial charge is 0.480 e. The Morgan fingerprint density at radius 1 is 1.33 bits per heavy atom. The summed E-state index contributed by atoms with van der Waals surface area (Å²) in [5.74, 6) is -0.836. The summed E-state index contributed by atoms with van der Waals surface area (Å²) in [4.78, 5) is 10.9. The minimum Gasteiger partial charge on any atom is -0.480 e. The standard InChI is InChI=1S/C12H23NO4S/c1-2-6-11(12(14)15)13-18(16,17)9-10-7-4-3-5-8-10/h10-11,13H,2-9H2,1H3,(H,14,15)/t11-/m0/s1. The van der Waals surface area contributed by atoms with Gasteiger partial charge >= 0.3 is 5.97 Å². The third kappa shape index (κ3) is 5.35. The van der Waals surface area contributed by atoms with Crippen LogP contribution in [-0.2, 0) is 14.8 Å². The normalized spacial score (nSPS) is 19.6. The molecule has 0 radical (unpaired) electrons. The van der Waals surface area contributed by atoms with Crippen molar-refractivity contribution in [3.05, 3.63) is 0 Å². The molecule has 0 amide bonds. The molecule has 0 aliphatic heterocycles. The van der Waals surface area contributed by atoms with Gasteiger partial charge in [0, 0.05) is 0 Å². The molecule has 2 N–H and O–H groups in total. The highest BCUT2D eigenvalue weighted by atomic mass is 32.2. The van der Waals surface area contributed by atoms with Crippen LogP contribution in [-0.4, -0.2) is 31.3 Å². The minimum atomic E-state index is -3.48. The van der Waals surface area contributed by atoms with E-state index in [1.807, 2.05) is 6.92 Å². The third-order valence-corrected chi connectivity index (χ3v) is 4.93. The van der Waals surface area contributed by atoms with Crippen molar-refractivity contribution in [3.63, 3.8) is 0 Å². The van der Waals surface area contributed by atoms with Gasteiger partial charge in [0.05, 0.1) is 5.75 Å². The summed E-state index contributed by atoms with van der Waals surface area (Å²) >= 11 is 0. The minimum absolute atomic E-state index is 0.0699. The molecule has 0 aromatic rings. The fourth-order valence-electron chi connectivity index (χ4n) is 2.45. The maximum atomic E-state index is 11.9. The summed E-state index contributed by atoms with van der Waals surface area (Å²) in [7, 11) is -3.48. The number of rotatable bonds is 7. The molecule has 1 aliphatic carbocycles. The molecule has 0 aromatic heterocycles. The number of hydrogen-bond acceptors (Lipinski definition) is 3. The highest BCUT2D eigenvalue weighted by Crippen LogP contribution is 2.24. The van der Waals surface area contributed by atoms with Gasteiger partial charge in [-0.2, -0.15) is 0 Å². The van der Waals surface area contributed by atoms with E-state index < -0.39 is 22.0 Å². The first-order valence-electron chi connectivity index (χ1n) is 6.67. The Balaban J connectivity index is 2.53. The molecule has 1 fully saturated rings. The first-order chi connectivity index (χ1) is 8.44. The van der Waals surface area contributed by atoms with Gasteiger partial charge in [0.2, 0.25) is 10.0 Å². The highest BCUT2D eigenvalue weighted by molar-refractivity contribution is 7.89. The lowest BCUT2D eigenvalue weighted by atomic mass is 9.91. The predicted molar refractivity (Wildman–Crippen MR) is 69.8 cm³/mol. The summed E-state index contributed by atoms with van der Waals surface area (Å²) in [6.07, 6.45) is 6.19. The Morgan fingerprint density at radius 2 is 1.94 bits per heavy atom. The van der Waals surface area contributed by atoms with Gasteiger partial charge in [0.1, 0.15) is 6.04 Å². The zero-order valence-electron chi connectivity index (χ0n) is 10.9. The number of carbonyl (C=O) groups is 1. The molecule has 0 saturated heterocycles. The average molecular weight is 277 g/mol. The van der Waals surface area contributed by atoms with Crippen LogP contribution in [0.3, 0.4) is 0 Å². The van der Waals surface area contributed by atoms with E-state index in [2.05, 4.69) is 4.72 Å². The second-order valence-corrected chi connectivity index (χ2v) is 6.88. The van der Waals surface area contributed by atoms with Crippen LogP contribution < -0.4 is 4.72 Å². The van der Waals surface area contributed by atoms with Crippen molar-refractivity contribution in [2.24, 2.45) is 5.92 Å². The van der Waals surface area contributed by atoms with Crippen molar-refractivity contribution in [2.75, 3.05) is 5.75 Å². The molecule has 106 valence electrons. The van der Waals surface area contributed by atoms with Crippen LogP contribution in [0.4, 0.5) is 0 Å². The molecule has 1 saturated carbocycles. The van der Waals surface area contributed by atoms with E-state index in [0.717, 1.165) is 25.7 Å². The lowest BCUT2D eigenvalue weighted by Gasteiger charge is -2.22. The van der Waals surface area contributed by atoms with E-state index in [1.54, 1.807) is 0 Å².